The fourth-order valence-corrected chi connectivity index (χ4v) is 1.50. The van der Waals surface area contributed by atoms with Crippen LogP contribution in [0.3, 0.4) is 0 Å². The lowest BCUT2D eigenvalue weighted by atomic mass is 10.1. The minimum atomic E-state index is -0.403. The van der Waals surface area contributed by atoms with Crippen molar-refractivity contribution in [1.82, 2.24) is 20.2 Å². The van der Waals surface area contributed by atoms with Gasteiger partial charge in [-0.15, -0.1) is 0 Å². The number of hydrogen-bond acceptors (Lipinski definition) is 6. The van der Waals surface area contributed by atoms with E-state index in [9.17, 15) is 9.59 Å². The number of carbonyl (C=O) groups is 2. The van der Waals surface area contributed by atoms with Crippen LogP contribution >= 0.6 is 0 Å². The number of ether oxygens (including phenoxy) is 1. The molecule has 0 aliphatic heterocycles. The molecular formula is C13H13N5O3. The summed E-state index contributed by atoms with van der Waals surface area (Å²) in [6, 6.07) is 6.62. The number of amides is 1. The second-order valence-electron chi connectivity index (χ2n) is 4.00. The predicted molar refractivity (Wildman–Crippen MR) is 73.5 cm³/mol. The molecule has 1 N–H and O–H groups in total. The normalized spacial score (nSPS) is 10.5. The van der Waals surface area contributed by atoms with E-state index in [1.165, 1.54) is 30.7 Å². The van der Waals surface area contributed by atoms with Crippen molar-refractivity contribution in [2.24, 2.45) is 5.10 Å². The number of methoxy groups -OCH3 is 1. The maximum absolute atomic E-state index is 11.5. The van der Waals surface area contributed by atoms with Crippen molar-refractivity contribution in [1.29, 1.82) is 0 Å². The summed E-state index contributed by atoms with van der Waals surface area (Å²) in [6.07, 6.45) is 4.26. The van der Waals surface area contributed by atoms with Crippen molar-refractivity contribution in [2.75, 3.05) is 7.11 Å². The van der Waals surface area contributed by atoms with Gasteiger partial charge in [-0.05, 0) is 17.7 Å². The lowest BCUT2D eigenvalue weighted by Gasteiger charge is -2.00. The first-order valence-electron chi connectivity index (χ1n) is 6.02. The molecule has 8 heteroatoms. The minimum Gasteiger partial charge on any atom is -0.465 e. The van der Waals surface area contributed by atoms with Crippen molar-refractivity contribution >= 4 is 18.1 Å². The van der Waals surface area contributed by atoms with Crippen LogP contribution in [0, 0.1) is 0 Å². The summed E-state index contributed by atoms with van der Waals surface area (Å²) < 4.78 is 5.98. The molecule has 0 atom stereocenters. The van der Waals surface area contributed by atoms with Gasteiger partial charge in [0.25, 0.3) is 5.91 Å². The van der Waals surface area contributed by atoms with Gasteiger partial charge in [0, 0.05) is 0 Å². The van der Waals surface area contributed by atoms with Crippen LogP contribution < -0.4 is 5.43 Å². The van der Waals surface area contributed by atoms with Gasteiger partial charge in [-0.25, -0.2) is 19.9 Å². The summed E-state index contributed by atoms with van der Waals surface area (Å²) in [7, 11) is 1.32. The van der Waals surface area contributed by atoms with Gasteiger partial charge < -0.3 is 4.74 Å². The average Bonchev–Trinajstić information content (AvgIpc) is 3.00. The van der Waals surface area contributed by atoms with E-state index in [4.69, 9.17) is 0 Å². The molecule has 2 aromatic rings. The van der Waals surface area contributed by atoms with E-state index in [0.717, 1.165) is 5.56 Å². The highest BCUT2D eigenvalue weighted by Gasteiger charge is 2.03. The van der Waals surface area contributed by atoms with Crippen molar-refractivity contribution in [2.45, 2.75) is 6.54 Å². The zero-order chi connectivity index (χ0) is 15.1. The average molecular weight is 287 g/mol. The number of rotatable bonds is 5. The Bertz CT molecular complexity index is 634. The van der Waals surface area contributed by atoms with Gasteiger partial charge in [0.15, 0.2) is 0 Å². The van der Waals surface area contributed by atoms with Crippen molar-refractivity contribution in [3.8, 4) is 0 Å². The van der Waals surface area contributed by atoms with E-state index >= 15 is 0 Å². The molecule has 0 unspecified atom stereocenters. The van der Waals surface area contributed by atoms with E-state index in [0.29, 0.717) is 5.56 Å². The molecule has 108 valence electrons. The molecule has 0 radical (unpaired) electrons. The molecule has 0 saturated carbocycles. The van der Waals surface area contributed by atoms with Gasteiger partial charge in [0.1, 0.15) is 19.2 Å². The van der Waals surface area contributed by atoms with Crippen molar-refractivity contribution in [3.63, 3.8) is 0 Å². The Kier molecular flexibility index (Phi) is 4.75. The van der Waals surface area contributed by atoms with Crippen LogP contribution in [0.1, 0.15) is 15.9 Å². The lowest BCUT2D eigenvalue weighted by molar-refractivity contribution is -0.121. The summed E-state index contributed by atoms with van der Waals surface area (Å²) >= 11 is 0. The van der Waals surface area contributed by atoms with Crippen molar-refractivity contribution in [3.05, 3.63) is 48.0 Å². The predicted octanol–water partition coefficient (Wildman–Crippen LogP) is 0.215. The van der Waals surface area contributed by atoms with Crippen LogP contribution in [-0.2, 0) is 16.1 Å². The van der Waals surface area contributed by atoms with Crippen LogP contribution in [-0.4, -0.2) is 40.0 Å². The molecule has 0 bridgehead atoms. The van der Waals surface area contributed by atoms with E-state index in [1.54, 1.807) is 24.3 Å². The highest BCUT2D eigenvalue weighted by atomic mass is 16.5. The first kappa shape index (κ1) is 14.4. The molecule has 8 nitrogen and oxygen atoms in total. The Morgan fingerprint density at radius 3 is 2.76 bits per heavy atom. The maximum atomic E-state index is 11.5. The molecule has 1 amide bonds. The second-order valence-corrected chi connectivity index (χ2v) is 4.00. The van der Waals surface area contributed by atoms with Gasteiger partial charge >= 0.3 is 5.97 Å². The van der Waals surface area contributed by atoms with E-state index < -0.39 is 5.97 Å². The number of benzene rings is 1. The molecule has 21 heavy (non-hydrogen) atoms. The van der Waals surface area contributed by atoms with Crippen LogP contribution in [0.5, 0.6) is 0 Å². The van der Waals surface area contributed by atoms with Gasteiger partial charge in [0.2, 0.25) is 0 Å². The molecule has 0 aliphatic rings. The van der Waals surface area contributed by atoms with Gasteiger partial charge in [-0.1, -0.05) is 12.1 Å². The van der Waals surface area contributed by atoms with Gasteiger partial charge in [-0.2, -0.15) is 10.2 Å². The quantitative estimate of drug-likeness (QED) is 0.481. The molecule has 0 saturated heterocycles. The number of hydrogen-bond donors (Lipinski definition) is 1. The van der Waals surface area contributed by atoms with Crippen molar-refractivity contribution < 1.29 is 14.3 Å². The monoisotopic (exact) mass is 287 g/mol. The van der Waals surface area contributed by atoms with Crippen LogP contribution in [0.15, 0.2) is 42.0 Å². The molecule has 0 fully saturated rings. The topological polar surface area (TPSA) is 98.5 Å². The highest BCUT2D eigenvalue weighted by molar-refractivity contribution is 5.90. The Hall–Kier alpha value is -3.03. The summed E-state index contributed by atoms with van der Waals surface area (Å²) in [5.74, 6) is -0.720. The summed E-state index contributed by atoms with van der Waals surface area (Å²) in [5.41, 5.74) is 3.56. The lowest BCUT2D eigenvalue weighted by Crippen LogP contribution is -2.23. The third-order valence-electron chi connectivity index (χ3n) is 2.51. The molecule has 0 aliphatic carbocycles. The number of aromatic nitrogens is 3. The largest absolute Gasteiger partial charge is 0.465 e. The number of nitrogens with zero attached hydrogens (tertiary/aromatic N) is 4. The Morgan fingerprint density at radius 1 is 1.38 bits per heavy atom. The molecular weight excluding hydrogens is 274 g/mol. The summed E-state index contributed by atoms with van der Waals surface area (Å²) in [4.78, 5) is 26.5. The zero-order valence-electron chi connectivity index (χ0n) is 11.3. The van der Waals surface area contributed by atoms with Crippen LogP contribution in [0.2, 0.25) is 0 Å². The third kappa shape index (κ3) is 4.23. The fraction of sp³-hybridized carbons (Fsp3) is 0.154. The first-order chi connectivity index (χ1) is 10.2. The highest BCUT2D eigenvalue weighted by Crippen LogP contribution is 2.03. The van der Waals surface area contributed by atoms with E-state index in [2.05, 4.69) is 25.3 Å². The molecule has 1 heterocycles. The summed E-state index contributed by atoms with van der Waals surface area (Å²) in [6.45, 7) is 0.0403. The molecule has 1 aromatic carbocycles. The number of hydrazone groups is 1. The Balaban J connectivity index is 1.86. The van der Waals surface area contributed by atoms with Gasteiger partial charge in [0.05, 0.1) is 18.9 Å². The van der Waals surface area contributed by atoms with E-state index in [1.807, 2.05) is 0 Å². The third-order valence-corrected chi connectivity index (χ3v) is 2.51. The first-order valence-corrected chi connectivity index (χ1v) is 6.02. The van der Waals surface area contributed by atoms with Gasteiger partial charge in [-0.3, -0.25) is 4.79 Å². The zero-order valence-corrected chi connectivity index (χ0v) is 11.3. The number of nitrogens with one attached hydrogen (secondary N) is 1. The molecule has 1 aromatic heterocycles. The smallest absolute Gasteiger partial charge is 0.337 e. The Morgan fingerprint density at radius 2 is 2.14 bits per heavy atom. The minimum absolute atomic E-state index is 0.0403. The Labute approximate surface area is 120 Å². The standard InChI is InChI=1S/C13H13N5O3/c1-21-13(20)11-4-2-10(3-5-11)6-15-17-12(19)7-18-9-14-8-16-18/h2-6,8-9H,7H2,1H3,(H,17,19). The number of carbonyl (C=O) groups excluding carboxylic acids is 2. The maximum Gasteiger partial charge on any atom is 0.337 e. The summed E-state index contributed by atoms with van der Waals surface area (Å²) in [5, 5.41) is 7.62. The number of esters is 1. The van der Waals surface area contributed by atoms with Crippen LogP contribution in [0.25, 0.3) is 0 Å². The SMILES string of the molecule is COC(=O)c1ccc(C=NNC(=O)Cn2cncn2)cc1. The molecule has 2 rings (SSSR count). The van der Waals surface area contributed by atoms with E-state index in [-0.39, 0.29) is 12.5 Å². The fourth-order valence-electron chi connectivity index (χ4n) is 1.50. The van der Waals surface area contributed by atoms with Crippen LogP contribution in [0.4, 0.5) is 0 Å². The molecule has 0 spiro atoms. The second kappa shape index (κ2) is 6.94.